The molecule has 0 aliphatic heterocycles. The molecule has 6 nitrogen and oxygen atoms in total. The minimum Gasteiger partial charge on any atom is -0.497 e. The van der Waals surface area contributed by atoms with Crippen molar-refractivity contribution in [3.8, 4) is 40.0 Å². The summed E-state index contributed by atoms with van der Waals surface area (Å²) in [5.41, 5.74) is 2.79. The molecule has 6 heteroatoms. The van der Waals surface area contributed by atoms with E-state index < -0.39 is 5.91 Å². The first-order valence-electron chi connectivity index (χ1n) is 9.86. The van der Waals surface area contributed by atoms with Crippen LogP contribution in [0.25, 0.3) is 22.5 Å². The van der Waals surface area contributed by atoms with Crippen molar-refractivity contribution < 1.29 is 18.7 Å². The van der Waals surface area contributed by atoms with E-state index in [0.29, 0.717) is 28.4 Å². The fourth-order valence-electron chi connectivity index (χ4n) is 3.41. The van der Waals surface area contributed by atoms with Crippen LogP contribution in [-0.2, 0) is 0 Å². The molecule has 0 aliphatic rings. The van der Waals surface area contributed by atoms with Crippen LogP contribution in [0.1, 0.15) is 15.9 Å². The second-order valence-corrected chi connectivity index (χ2v) is 6.91. The van der Waals surface area contributed by atoms with Gasteiger partial charge in [-0.05, 0) is 17.7 Å². The van der Waals surface area contributed by atoms with Gasteiger partial charge in [-0.15, -0.1) is 0 Å². The number of nitrogens with zero attached hydrogens (tertiary/aromatic N) is 1. The molecule has 32 heavy (non-hydrogen) atoms. The van der Waals surface area contributed by atoms with E-state index in [4.69, 9.17) is 13.9 Å². The predicted octanol–water partition coefficient (Wildman–Crippen LogP) is 5.75. The van der Waals surface area contributed by atoms with Crippen molar-refractivity contribution in [2.24, 2.45) is 0 Å². The summed E-state index contributed by atoms with van der Waals surface area (Å²) < 4.78 is 16.6. The van der Waals surface area contributed by atoms with Crippen molar-refractivity contribution in [3.05, 3.63) is 90.0 Å². The molecule has 1 aromatic heterocycles. The zero-order valence-corrected chi connectivity index (χ0v) is 17.6. The van der Waals surface area contributed by atoms with Crippen LogP contribution in [0.4, 0.5) is 5.88 Å². The number of methoxy groups -OCH3 is 2. The number of nitrogens with one attached hydrogen (secondary N) is 1. The summed E-state index contributed by atoms with van der Waals surface area (Å²) in [5, 5.41) is 12.7. The SMILES string of the molecule is COc1cc(OC)cc(C(=O)Nc2oc(-c3ccccc3)c(-c3ccccc3)c2C#N)c1. The lowest BCUT2D eigenvalue weighted by Crippen LogP contribution is -2.12. The number of hydrogen-bond acceptors (Lipinski definition) is 5. The largest absolute Gasteiger partial charge is 0.497 e. The highest BCUT2D eigenvalue weighted by Gasteiger charge is 2.24. The second kappa shape index (κ2) is 9.11. The third-order valence-electron chi connectivity index (χ3n) is 4.96. The first-order valence-corrected chi connectivity index (χ1v) is 9.86. The van der Waals surface area contributed by atoms with E-state index in [-0.39, 0.29) is 11.4 Å². The molecule has 1 N–H and O–H groups in total. The molecule has 0 fully saturated rings. The Bertz CT molecular complexity index is 1270. The number of rotatable bonds is 6. The molecule has 0 atom stereocenters. The fraction of sp³-hybridized carbons (Fsp3) is 0.0769. The van der Waals surface area contributed by atoms with E-state index in [1.807, 2.05) is 60.7 Å². The lowest BCUT2D eigenvalue weighted by molar-refractivity contribution is 0.102. The van der Waals surface area contributed by atoms with Gasteiger partial charge in [0.25, 0.3) is 5.91 Å². The minimum absolute atomic E-state index is 0.0805. The predicted molar refractivity (Wildman–Crippen MR) is 122 cm³/mol. The van der Waals surface area contributed by atoms with E-state index in [2.05, 4.69) is 11.4 Å². The third-order valence-corrected chi connectivity index (χ3v) is 4.96. The van der Waals surface area contributed by atoms with Gasteiger partial charge in [-0.2, -0.15) is 5.26 Å². The van der Waals surface area contributed by atoms with Crippen molar-refractivity contribution in [3.63, 3.8) is 0 Å². The Kier molecular flexibility index (Phi) is 5.91. The van der Waals surface area contributed by atoms with Crippen molar-refractivity contribution in [1.29, 1.82) is 5.26 Å². The monoisotopic (exact) mass is 424 g/mol. The van der Waals surface area contributed by atoms with Gasteiger partial charge in [-0.3, -0.25) is 10.1 Å². The van der Waals surface area contributed by atoms with Gasteiger partial charge in [0.15, 0.2) is 0 Å². The molecule has 0 bridgehead atoms. The number of nitriles is 1. The quantitative estimate of drug-likeness (QED) is 0.426. The topological polar surface area (TPSA) is 84.5 Å². The number of carbonyl (C=O) groups is 1. The number of benzene rings is 3. The number of ether oxygens (including phenoxy) is 2. The number of amides is 1. The fourth-order valence-corrected chi connectivity index (χ4v) is 3.41. The van der Waals surface area contributed by atoms with E-state index in [1.54, 1.807) is 18.2 Å². The highest BCUT2D eigenvalue weighted by Crippen LogP contribution is 2.41. The number of hydrogen-bond donors (Lipinski definition) is 1. The number of furan rings is 1. The molecule has 0 radical (unpaired) electrons. The van der Waals surface area contributed by atoms with Crippen LogP contribution >= 0.6 is 0 Å². The van der Waals surface area contributed by atoms with Crippen molar-refractivity contribution in [2.45, 2.75) is 0 Å². The van der Waals surface area contributed by atoms with Crippen molar-refractivity contribution >= 4 is 11.8 Å². The molecule has 0 aliphatic carbocycles. The maximum Gasteiger partial charge on any atom is 0.258 e. The molecular weight excluding hydrogens is 404 g/mol. The van der Waals surface area contributed by atoms with Crippen LogP contribution in [0, 0.1) is 11.3 Å². The normalized spacial score (nSPS) is 10.3. The average molecular weight is 424 g/mol. The van der Waals surface area contributed by atoms with Crippen LogP contribution in [0.5, 0.6) is 11.5 Å². The van der Waals surface area contributed by atoms with Crippen molar-refractivity contribution in [1.82, 2.24) is 0 Å². The van der Waals surface area contributed by atoms with Gasteiger partial charge >= 0.3 is 0 Å². The van der Waals surface area contributed by atoms with E-state index >= 15 is 0 Å². The lowest BCUT2D eigenvalue weighted by Gasteiger charge is -2.08. The molecule has 4 aromatic rings. The van der Waals surface area contributed by atoms with E-state index in [1.165, 1.54) is 14.2 Å². The van der Waals surface area contributed by atoms with Crippen molar-refractivity contribution in [2.75, 3.05) is 19.5 Å². The third kappa shape index (κ3) is 4.05. The van der Waals surface area contributed by atoms with Gasteiger partial charge in [-0.1, -0.05) is 60.7 Å². The molecule has 3 aromatic carbocycles. The van der Waals surface area contributed by atoms with E-state index in [9.17, 15) is 10.1 Å². The van der Waals surface area contributed by atoms with E-state index in [0.717, 1.165) is 11.1 Å². The first-order chi connectivity index (χ1) is 15.6. The lowest BCUT2D eigenvalue weighted by atomic mass is 9.98. The minimum atomic E-state index is -0.452. The summed E-state index contributed by atoms with van der Waals surface area (Å²) >= 11 is 0. The highest BCUT2D eigenvalue weighted by atomic mass is 16.5. The standard InChI is InChI=1S/C26H20N2O4/c1-30-20-13-19(14-21(15-20)31-2)25(29)28-26-22(16-27)23(17-9-5-3-6-10-17)24(32-26)18-11-7-4-8-12-18/h3-15H,1-2H3,(H,28,29). The summed E-state index contributed by atoms with van der Waals surface area (Å²) in [6, 6.07) is 26.0. The molecule has 0 saturated heterocycles. The summed E-state index contributed by atoms with van der Waals surface area (Å²) in [6.45, 7) is 0. The van der Waals surface area contributed by atoms with Gasteiger partial charge < -0.3 is 13.9 Å². The molecule has 0 saturated carbocycles. The molecule has 4 rings (SSSR count). The molecule has 1 amide bonds. The van der Waals surface area contributed by atoms with Gasteiger partial charge in [-0.25, -0.2) is 0 Å². The molecule has 0 unspecified atom stereocenters. The Morgan fingerprint density at radius 1 is 0.875 bits per heavy atom. The number of anilines is 1. The van der Waals surface area contributed by atoms with Gasteiger partial charge in [0.2, 0.25) is 5.88 Å². The molecular formula is C26H20N2O4. The smallest absolute Gasteiger partial charge is 0.258 e. The van der Waals surface area contributed by atoms with Gasteiger partial charge in [0, 0.05) is 22.8 Å². The van der Waals surface area contributed by atoms with Crippen LogP contribution in [0.2, 0.25) is 0 Å². The summed E-state index contributed by atoms with van der Waals surface area (Å²) in [6.07, 6.45) is 0. The molecule has 158 valence electrons. The highest BCUT2D eigenvalue weighted by molar-refractivity contribution is 6.06. The Morgan fingerprint density at radius 2 is 1.44 bits per heavy atom. The summed E-state index contributed by atoms with van der Waals surface area (Å²) in [7, 11) is 3.02. The van der Waals surface area contributed by atoms with Crippen LogP contribution < -0.4 is 14.8 Å². The molecule has 1 heterocycles. The zero-order chi connectivity index (χ0) is 22.5. The van der Waals surface area contributed by atoms with Gasteiger partial charge in [0.05, 0.1) is 14.2 Å². The van der Waals surface area contributed by atoms with Gasteiger partial charge in [0.1, 0.15) is 28.9 Å². The summed E-state index contributed by atoms with van der Waals surface area (Å²) in [4.78, 5) is 13.0. The second-order valence-electron chi connectivity index (χ2n) is 6.91. The Morgan fingerprint density at radius 3 is 1.97 bits per heavy atom. The average Bonchev–Trinajstić information content (AvgIpc) is 3.22. The van der Waals surface area contributed by atoms with Crippen LogP contribution in [0.15, 0.2) is 83.3 Å². The Balaban J connectivity index is 1.81. The molecule has 0 spiro atoms. The summed E-state index contributed by atoms with van der Waals surface area (Å²) in [5.74, 6) is 1.09. The maximum absolute atomic E-state index is 13.0. The van der Waals surface area contributed by atoms with Crippen LogP contribution in [-0.4, -0.2) is 20.1 Å². The Labute approximate surface area is 185 Å². The Hall–Kier alpha value is -4.50. The number of carbonyl (C=O) groups excluding carboxylic acids is 1. The zero-order valence-electron chi connectivity index (χ0n) is 17.6. The first kappa shape index (κ1) is 20.8. The van der Waals surface area contributed by atoms with Crippen LogP contribution in [0.3, 0.4) is 0 Å². The maximum atomic E-state index is 13.0.